The summed E-state index contributed by atoms with van der Waals surface area (Å²) in [6.45, 7) is 12.9. The van der Waals surface area contributed by atoms with Gasteiger partial charge in [0, 0.05) is 35.0 Å². The highest BCUT2D eigenvalue weighted by molar-refractivity contribution is 5.87. The van der Waals surface area contributed by atoms with E-state index in [1.807, 2.05) is 19.5 Å². The summed E-state index contributed by atoms with van der Waals surface area (Å²) in [5.74, 6) is 3.02. The molecule has 0 spiro atoms. The average Bonchev–Trinajstić information content (AvgIpc) is 3.39. The van der Waals surface area contributed by atoms with Crippen molar-refractivity contribution in [3.63, 3.8) is 0 Å². The van der Waals surface area contributed by atoms with Gasteiger partial charge in [0.15, 0.2) is 0 Å². The van der Waals surface area contributed by atoms with Gasteiger partial charge in [-0.2, -0.15) is 0 Å². The van der Waals surface area contributed by atoms with Crippen molar-refractivity contribution in [3.8, 4) is 11.5 Å². The van der Waals surface area contributed by atoms with Crippen LogP contribution in [0.4, 0.5) is 0 Å². The molecule has 2 N–H and O–H groups in total. The second kappa shape index (κ2) is 15.1. The van der Waals surface area contributed by atoms with Crippen LogP contribution in [0.25, 0.3) is 5.57 Å². The Morgan fingerprint density at radius 2 is 1.14 bits per heavy atom. The lowest BCUT2D eigenvalue weighted by atomic mass is 9.76. The van der Waals surface area contributed by atoms with E-state index in [0.717, 1.165) is 76.2 Å². The third-order valence-electron chi connectivity index (χ3n) is 11.2. The molecular formula is C44H54N4O2. The van der Waals surface area contributed by atoms with Crippen LogP contribution in [0.15, 0.2) is 54.4 Å². The summed E-state index contributed by atoms with van der Waals surface area (Å²) in [6.07, 6.45) is 12.9. The standard InChI is InChI=1S/C22H28N2O.C22H26N2O/c2*1-14-10-17-4-5-18-11-15(2)13-24-22(18)21(16-6-8-23-9-7-16)20(17)19(12-14)25-3/h10-13,16,21,23H,4-9H2,1-3H3;10-13,23H,4-9H2,1-3H3. The minimum atomic E-state index is 0.353. The minimum absolute atomic E-state index is 0.353. The van der Waals surface area contributed by atoms with Crippen LogP contribution < -0.4 is 20.1 Å². The molecule has 1 atom stereocenters. The Labute approximate surface area is 299 Å². The van der Waals surface area contributed by atoms with Crippen molar-refractivity contribution in [3.05, 3.63) is 121 Å². The molecular weight excluding hydrogens is 617 g/mol. The van der Waals surface area contributed by atoms with Crippen molar-refractivity contribution >= 4 is 5.57 Å². The normalized spacial score (nSPS) is 18.7. The summed E-state index contributed by atoms with van der Waals surface area (Å²) in [6, 6.07) is 13.7. The van der Waals surface area contributed by atoms with E-state index in [9.17, 15) is 0 Å². The van der Waals surface area contributed by atoms with Gasteiger partial charge >= 0.3 is 0 Å². The van der Waals surface area contributed by atoms with E-state index in [-0.39, 0.29) is 0 Å². The number of fused-ring (bicyclic) bond motifs is 4. The third-order valence-corrected chi connectivity index (χ3v) is 11.2. The van der Waals surface area contributed by atoms with Crippen LogP contribution >= 0.6 is 0 Å². The number of rotatable bonds is 3. The monoisotopic (exact) mass is 670 g/mol. The van der Waals surface area contributed by atoms with Crippen LogP contribution in [0.3, 0.4) is 0 Å². The molecule has 2 fully saturated rings. The number of aromatic nitrogens is 2. The van der Waals surface area contributed by atoms with Crippen molar-refractivity contribution < 1.29 is 9.47 Å². The van der Waals surface area contributed by atoms with E-state index in [0.29, 0.717) is 11.8 Å². The average molecular weight is 671 g/mol. The number of nitrogens with zero attached hydrogens (tertiary/aromatic N) is 2. The van der Waals surface area contributed by atoms with Gasteiger partial charge in [-0.25, -0.2) is 0 Å². The topological polar surface area (TPSA) is 68.3 Å². The van der Waals surface area contributed by atoms with Gasteiger partial charge in [0.05, 0.1) is 25.6 Å². The Balaban J connectivity index is 0.000000157. The van der Waals surface area contributed by atoms with E-state index >= 15 is 0 Å². The van der Waals surface area contributed by atoms with Crippen molar-refractivity contribution in [1.82, 2.24) is 20.6 Å². The van der Waals surface area contributed by atoms with Crippen molar-refractivity contribution in [1.29, 1.82) is 0 Å². The fourth-order valence-corrected chi connectivity index (χ4v) is 8.95. The molecule has 2 aliphatic carbocycles. The van der Waals surface area contributed by atoms with Crippen molar-refractivity contribution in [2.75, 3.05) is 40.4 Å². The molecule has 6 heteroatoms. The summed E-state index contributed by atoms with van der Waals surface area (Å²) in [7, 11) is 3.59. The van der Waals surface area contributed by atoms with Crippen LogP contribution in [-0.2, 0) is 25.7 Å². The number of ether oxygens (including phenoxy) is 2. The molecule has 0 amide bonds. The van der Waals surface area contributed by atoms with Crippen molar-refractivity contribution in [2.24, 2.45) is 5.92 Å². The predicted octanol–water partition coefficient (Wildman–Crippen LogP) is 7.93. The Morgan fingerprint density at radius 3 is 1.86 bits per heavy atom. The quantitative estimate of drug-likeness (QED) is 0.231. The molecule has 8 rings (SSSR count). The van der Waals surface area contributed by atoms with Gasteiger partial charge in [-0.05, 0) is 168 Å². The lowest BCUT2D eigenvalue weighted by Crippen LogP contribution is -2.32. The molecule has 1 unspecified atom stereocenters. The summed E-state index contributed by atoms with van der Waals surface area (Å²) >= 11 is 0. The van der Waals surface area contributed by atoms with Crippen molar-refractivity contribution in [2.45, 2.75) is 85.0 Å². The number of hydrogen-bond acceptors (Lipinski definition) is 6. The molecule has 4 aliphatic rings. The number of methoxy groups -OCH3 is 2. The first-order valence-electron chi connectivity index (χ1n) is 18.7. The van der Waals surface area contributed by atoms with Gasteiger partial charge in [-0.15, -0.1) is 0 Å². The van der Waals surface area contributed by atoms with Gasteiger partial charge in [0.2, 0.25) is 0 Å². The SMILES string of the molecule is COc1cc(C)cc2c1C(=C1CCNCC1)c1ncc(C)cc1CC2.COc1cc(C)cc2c1C(C1CCNCC1)c1ncc(C)cc1CC2. The largest absolute Gasteiger partial charge is 0.496 e. The van der Waals surface area contributed by atoms with Gasteiger partial charge in [-0.1, -0.05) is 29.8 Å². The van der Waals surface area contributed by atoms with Gasteiger partial charge in [0.25, 0.3) is 0 Å². The summed E-state index contributed by atoms with van der Waals surface area (Å²) in [5.41, 5.74) is 18.7. The van der Waals surface area contributed by atoms with E-state index in [2.05, 4.69) is 74.7 Å². The zero-order valence-corrected chi connectivity index (χ0v) is 31.0. The first-order chi connectivity index (χ1) is 24.3. The fourth-order valence-electron chi connectivity index (χ4n) is 8.95. The highest BCUT2D eigenvalue weighted by atomic mass is 16.5. The summed E-state index contributed by atoms with van der Waals surface area (Å²) in [5, 5.41) is 6.99. The second-order valence-electron chi connectivity index (χ2n) is 14.9. The molecule has 2 aromatic carbocycles. The molecule has 2 saturated heterocycles. The van der Waals surface area contributed by atoms with Gasteiger partial charge in [-0.3, -0.25) is 9.97 Å². The number of piperidine rings is 2. The van der Waals surface area contributed by atoms with Crippen LogP contribution in [0.2, 0.25) is 0 Å². The van der Waals surface area contributed by atoms with Crippen LogP contribution in [0.1, 0.15) is 98.6 Å². The molecule has 0 saturated carbocycles. The lowest BCUT2D eigenvalue weighted by Gasteiger charge is -2.33. The Bertz CT molecular complexity index is 1900. The van der Waals surface area contributed by atoms with E-state index < -0.39 is 0 Å². The van der Waals surface area contributed by atoms with E-state index in [4.69, 9.17) is 19.4 Å². The molecule has 0 bridgehead atoms. The molecule has 2 aromatic heterocycles. The first kappa shape index (κ1) is 34.4. The Morgan fingerprint density at radius 1 is 0.580 bits per heavy atom. The van der Waals surface area contributed by atoms with Crippen LogP contribution in [-0.4, -0.2) is 50.4 Å². The molecule has 50 heavy (non-hydrogen) atoms. The maximum Gasteiger partial charge on any atom is 0.127 e. The van der Waals surface area contributed by atoms with Gasteiger partial charge < -0.3 is 20.1 Å². The number of benzene rings is 2. The maximum atomic E-state index is 5.87. The number of nitrogens with one attached hydrogen (secondary N) is 2. The molecule has 262 valence electrons. The molecule has 6 nitrogen and oxygen atoms in total. The minimum Gasteiger partial charge on any atom is -0.496 e. The van der Waals surface area contributed by atoms with E-state index in [1.54, 1.807) is 7.11 Å². The highest BCUT2D eigenvalue weighted by Crippen LogP contribution is 2.46. The maximum absolute atomic E-state index is 5.87. The predicted molar refractivity (Wildman–Crippen MR) is 204 cm³/mol. The molecule has 4 aromatic rings. The zero-order valence-electron chi connectivity index (χ0n) is 31.0. The summed E-state index contributed by atoms with van der Waals surface area (Å²) in [4.78, 5) is 9.85. The zero-order chi connectivity index (χ0) is 34.8. The van der Waals surface area contributed by atoms with E-state index in [1.165, 1.54) is 91.0 Å². The van der Waals surface area contributed by atoms with Crippen LogP contribution in [0, 0.1) is 33.6 Å². The first-order valence-corrected chi connectivity index (χ1v) is 18.7. The Hall–Kier alpha value is -4.00. The molecule has 0 radical (unpaired) electrons. The number of pyridine rings is 2. The fraction of sp³-hybridized carbons (Fsp3) is 0.455. The molecule has 2 aliphatic heterocycles. The summed E-state index contributed by atoms with van der Waals surface area (Å²) < 4.78 is 11.7. The Kier molecular flexibility index (Phi) is 10.4. The number of hydrogen-bond donors (Lipinski definition) is 2. The third kappa shape index (κ3) is 6.97. The second-order valence-corrected chi connectivity index (χ2v) is 14.9. The lowest BCUT2D eigenvalue weighted by molar-refractivity contribution is 0.329. The smallest absolute Gasteiger partial charge is 0.127 e. The van der Waals surface area contributed by atoms with Crippen LogP contribution in [0.5, 0.6) is 11.5 Å². The molecule has 4 heterocycles. The number of aryl methyl sites for hydroxylation is 8. The van der Waals surface area contributed by atoms with Gasteiger partial charge in [0.1, 0.15) is 11.5 Å². The highest BCUT2D eigenvalue weighted by Gasteiger charge is 2.35.